The van der Waals surface area contributed by atoms with Crippen molar-refractivity contribution in [3.8, 4) is 0 Å². The average Bonchev–Trinajstić information content (AvgIpc) is 3.14. The highest BCUT2D eigenvalue weighted by molar-refractivity contribution is 7.17. The molecule has 152 valence electrons. The minimum Gasteiger partial charge on any atom is -0.391 e. The summed E-state index contributed by atoms with van der Waals surface area (Å²) in [4.78, 5) is 14.4. The number of ether oxygens (including phenoxy) is 1. The number of nitrogens with zero attached hydrogens (tertiary/aromatic N) is 1. The summed E-state index contributed by atoms with van der Waals surface area (Å²) < 4.78 is 5.80. The predicted octanol–water partition coefficient (Wildman–Crippen LogP) is 2.15. The van der Waals surface area contributed by atoms with Crippen molar-refractivity contribution in [3.63, 3.8) is 0 Å². The van der Waals surface area contributed by atoms with E-state index >= 15 is 0 Å². The molecule has 0 bridgehead atoms. The summed E-state index contributed by atoms with van der Waals surface area (Å²) in [6, 6.07) is 11.0. The van der Waals surface area contributed by atoms with Crippen LogP contribution in [0.15, 0.2) is 36.4 Å². The third kappa shape index (κ3) is 5.83. The Bertz CT molecular complexity index is 771. The number of aliphatic hydroxyl groups is 2. The van der Waals surface area contributed by atoms with Crippen molar-refractivity contribution in [1.29, 1.82) is 0 Å². The molecule has 2 atom stereocenters. The lowest BCUT2D eigenvalue weighted by atomic mass is 10.2. The number of hydrogen-bond donors (Lipinski definition) is 4. The van der Waals surface area contributed by atoms with Crippen LogP contribution in [0, 0.1) is 0 Å². The molecule has 0 saturated carbocycles. The van der Waals surface area contributed by atoms with Gasteiger partial charge in [0.25, 0.3) is 5.91 Å². The molecule has 1 aromatic heterocycles. The summed E-state index contributed by atoms with van der Waals surface area (Å²) in [7, 11) is 0. The molecule has 1 unspecified atom stereocenters. The van der Waals surface area contributed by atoms with Crippen molar-refractivity contribution in [3.05, 3.63) is 45.6 Å². The maximum Gasteiger partial charge on any atom is 0.261 e. The third-order valence-corrected chi connectivity index (χ3v) is 5.63. The first-order chi connectivity index (χ1) is 13.5. The molecule has 1 aliphatic heterocycles. The highest BCUT2D eigenvalue weighted by atomic mass is 35.5. The molecule has 2 aromatic rings. The van der Waals surface area contributed by atoms with Gasteiger partial charge in [-0.2, -0.15) is 0 Å². The van der Waals surface area contributed by atoms with E-state index in [9.17, 15) is 15.0 Å². The van der Waals surface area contributed by atoms with Crippen molar-refractivity contribution in [2.24, 2.45) is 0 Å². The van der Waals surface area contributed by atoms with Crippen LogP contribution in [0.2, 0.25) is 4.34 Å². The topological polar surface area (TPSA) is 94.1 Å². The van der Waals surface area contributed by atoms with Gasteiger partial charge in [0.2, 0.25) is 0 Å². The fraction of sp³-hybridized carbons (Fsp3) is 0.421. The Morgan fingerprint density at radius 3 is 2.79 bits per heavy atom. The van der Waals surface area contributed by atoms with Crippen LogP contribution in [-0.4, -0.2) is 61.3 Å². The summed E-state index contributed by atoms with van der Waals surface area (Å²) in [5, 5.41) is 26.0. The molecule has 1 saturated heterocycles. The Hall–Kier alpha value is -1.84. The summed E-state index contributed by atoms with van der Waals surface area (Å²) >= 11 is 7.05. The maximum atomic E-state index is 11.9. The van der Waals surface area contributed by atoms with Crippen molar-refractivity contribution in [2.45, 2.75) is 18.8 Å². The summed E-state index contributed by atoms with van der Waals surface area (Å²) in [5.74, 6) is -0.182. The first-order valence-electron chi connectivity index (χ1n) is 9.11. The van der Waals surface area contributed by atoms with E-state index in [0.29, 0.717) is 48.5 Å². The largest absolute Gasteiger partial charge is 0.391 e. The van der Waals surface area contributed by atoms with Crippen LogP contribution in [0.4, 0.5) is 11.4 Å². The second-order valence-corrected chi connectivity index (χ2v) is 8.19. The quantitative estimate of drug-likeness (QED) is 0.517. The van der Waals surface area contributed by atoms with Crippen LogP contribution in [0.3, 0.4) is 0 Å². The van der Waals surface area contributed by atoms with Crippen LogP contribution in [0.25, 0.3) is 0 Å². The molecule has 7 nitrogen and oxygen atoms in total. The molecule has 0 aliphatic carbocycles. The molecule has 9 heteroatoms. The molecule has 3 rings (SSSR count). The zero-order valence-corrected chi connectivity index (χ0v) is 16.9. The second-order valence-electron chi connectivity index (χ2n) is 6.48. The highest BCUT2D eigenvalue weighted by Crippen LogP contribution is 2.22. The normalized spacial score (nSPS) is 18.0. The van der Waals surface area contributed by atoms with E-state index in [4.69, 9.17) is 16.3 Å². The molecular formula is C19H24ClN3O4S. The van der Waals surface area contributed by atoms with E-state index < -0.39 is 12.3 Å². The standard InChI is InChI=1S/C19H24ClN3O4S/c20-17-6-5-16(28-17)19(26)21-8-7-15(24)11-22-13-1-3-14(4-2-13)23-9-10-27-12-18(23)25/h1-6,15,18,22,24-25H,7-12H2,(H,21,26)/t15-,18?/m0/s1. The van der Waals surface area contributed by atoms with E-state index in [-0.39, 0.29) is 5.91 Å². The Kier molecular flexibility index (Phi) is 7.52. The number of morpholine rings is 1. The maximum absolute atomic E-state index is 11.9. The molecule has 0 radical (unpaired) electrons. The van der Waals surface area contributed by atoms with Gasteiger partial charge in [-0.1, -0.05) is 11.6 Å². The smallest absolute Gasteiger partial charge is 0.261 e. The third-order valence-electron chi connectivity index (χ3n) is 4.40. The van der Waals surface area contributed by atoms with Crippen LogP contribution >= 0.6 is 22.9 Å². The van der Waals surface area contributed by atoms with E-state index in [0.717, 1.165) is 11.4 Å². The van der Waals surface area contributed by atoms with Crippen LogP contribution in [0.5, 0.6) is 0 Å². The Labute approximate surface area is 172 Å². The number of carbonyl (C=O) groups excluding carboxylic acids is 1. The van der Waals surface area contributed by atoms with Gasteiger partial charge in [-0.3, -0.25) is 4.79 Å². The lowest BCUT2D eigenvalue weighted by Gasteiger charge is -2.33. The van der Waals surface area contributed by atoms with Gasteiger partial charge in [-0.25, -0.2) is 0 Å². The number of thiophene rings is 1. The van der Waals surface area contributed by atoms with Crippen molar-refractivity contribution in [1.82, 2.24) is 5.32 Å². The van der Waals surface area contributed by atoms with Gasteiger partial charge in [-0.15, -0.1) is 11.3 Å². The van der Waals surface area contributed by atoms with Crippen molar-refractivity contribution >= 4 is 40.2 Å². The van der Waals surface area contributed by atoms with Crippen LogP contribution in [-0.2, 0) is 4.74 Å². The summed E-state index contributed by atoms with van der Waals surface area (Å²) in [6.45, 7) is 2.31. The first kappa shape index (κ1) is 20.9. The average molecular weight is 426 g/mol. The Balaban J connectivity index is 1.38. The number of carbonyl (C=O) groups is 1. The number of amides is 1. The molecule has 1 aromatic carbocycles. The minimum atomic E-state index is -0.630. The van der Waals surface area contributed by atoms with Gasteiger partial charge in [-0.05, 0) is 42.8 Å². The lowest BCUT2D eigenvalue weighted by Crippen LogP contribution is -2.45. The monoisotopic (exact) mass is 425 g/mol. The second kappa shape index (κ2) is 10.1. The number of halogens is 1. The van der Waals surface area contributed by atoms with Crippen molar-refractivity contribution in [2.75, 3.05) is 43.1 Å². The van der Waals surface area contributed by atoms with Gasteiger partial charge in [0.05, 0.1) is 28.5 Å². The van der Waals surface area contributed by atoms with E-state index in [2.05, 4.69) is 10.6 Å². The lowest BCUT2D eigenvalue weighted by molar-refractivity contribution is 0.00633. The first-order valence-corrected chi connectivity index (χ1v) is 10.3. The van der Waals surface area contributed by atoms with Crippen LogP contribution in [0.1, 0.15) is 16.1 Å². The molecule has 4 N–H and O–H groups in total. The summed E-state index contributed by atoms with van der Waals surface area (Å²) in [5.41, 5.74) is 1.81. The molecular weight excluding hydrogens is 402 g/mol. The Morgan fingerprint density at radius 1 is 1.32 bits per heavy atom. The SMILES string of the molecule is O=C(NCC[C@H](O)CNc1ccc(N2CCOCC2O)cc1)c1ccc(Cl)s1. The zero-order chi connectivity index (χ0) is 19.9. The number of benzene rings is 1. The number of hydrogen-bond acceptors (Lipinski definition) is 7. The number of nitrogens with one attached hydrogen (secondary N) is 2. The van der Waals surface area contributed by atoms with Gasteiger partial charge in [0, 0.05) is 31.0 Å². The van der Waals surface area contributed by atoms with Gasteiger partial charge >= 0.3 is 0 Å². The van der Waals surface area contributed by atoms with Crippen LogP contribution < -0.4 is 15.5 Å². The molecule has 1 amide bonds. The number of anilines is 2. The van der Waals surface area contributed by atoms with Crippen molar-refractivity contribution < 1.29 is 19.7 Å². The molecule has 0 spiro atoms. The van der Waals surface area contributed by atoms with E-state index in [1.165, 1.54) is 11.3 Å². The Morgan fingerprint density at radius 2 is 2.11 bits per heavy atom. The zero-order valence-electron chi connectivity index (χ0n) is 15.3. The number of aliphatic hydroxyl groups excluding tert-OH is 2. The molecule has 28 heavy (non-hydrogen) atoms. The molecule has 2 heterocycles. The van der Waals surface area contributed by atoms with Gasteiger partial charge in [0.15, 0.2) is 6.23 Å². The van der Waals surface area contributed by atoms with E-state index in [1.807, 2.05) is 29.2 Å². The highest BCUT2D eigenvalue weighted by Gasteiger charge is 2.20. The van der Waals surface area contributed by atoms with Gasteiger partial charge < -0.3 is 30.5 Å². The fourth-order valence-electron chi connectivity index (χ4n) is 2.88. The number of rotatable bonds is 8. The summed E-state index contributed by atoms with van der Waals surface area (Å²) in [6.07, 6.45) is -0.779. The van der Waals surface area contributed by atoms with E-state index in [1.54, 1.807) is 12.1 Å². The fourth-order valence-corrected chi connectivity index (χ4v) is 3.84. The molecule has 1 fully saturated rings. The predicted molar refractivity (Wildman–Crippen MR) is 111 cm³/mol. The molecule has 1 aliphatic rings. The van der Waals surface area contributed by atoms with Gasteiger partial charge in [0.1, 0.15) is 0 Å². The minimum absolute atomic E-state index is 0.182.